The number of H-pyrrole nitrogens is 1. The van der Waals surface area contributed by atoms with E-state index in [9.17, 15) is 19.2 Å². The van der Waals surface area contributed by atoms with Gasteiger partial charge in [-0.25, -0.2) is 0 Å². The minimum atomic E-state index is -0.829. The summed E-state index contributed by atoms with van der Waals surface area (Å²) in [6.45, 7) is 3.51. The van der Waals surface area contributed by atoms with Crippen LogP contribution in [-0.4, -0.2) is 84.0 Å². The Kier molecular flexibility index (Phi) is 11.9. The lowest BCUT2D eigenvalue weighted by Crippen LogP contribution is -3.00. The molecular formula is C30H40IN9O4. The summed E-state index contributed by atoms with van der Waals surface area (Å²) in [6.07, 6.45) is 1.10. The number of aromatic amines is 1. The van der Waals surface area contributed by atoms with Crippen LogP contribution in [0.25, 0.3) is 0 Å². The van der Waals surface area contributed by atoms with Gasteiger partial charge in [-0.1, -0.05) is 55.8 Å². The second-order valence-corrected chi connectivity index (χ2v) is 11.7. The third kappa shape index (κ3) is 8.59. The Morgan fingerprint density at radius 3 is 2.43 bits per heavy atom. The maximum atomic E-state index is 13.7. The molecule has 3 atom stereocenters. The van der Waals surface area contributed by atoms with E-state index in [1.165, 1.54) is 4.90 Å². The molecule has 44 heavy (non-hydrogen) atoms. The van der Waals surface area contributed by atoms with Crippen molar-refractivity contribution in [2.24, 2.45) is 5.92 Å². The number of nitrogens with zero attached hydrogens (tertiary/aromatic N) is 5. The molecule has 0 unspecified atom stereocenters. The van der Waals surface area contributed by atoms with Crippen molar-refractivity contribution in [1.82, 2.24) is 41.1 Å². The number of rotatable bonds is 12. The van der Waals surface area contributed by atoms with E-state index in [1.807, 2.05) is 83.5 Å². The van der Waals surface area contributed by atoms with Crippen molar-refractivity contribution in [3.8, 4) is 0 Å². The third-order valence-electron chi connectivity index (χ3n) is 7.64. The summed E-state index contributed by atoms with van der Waals surface area (Å²) in [7, 11) is 6.11. The molecule has 4 N–H and O–H groups in total. The number of aromatic nitrogens is 4. The molecule has 1 aliphatic heterocycles. The number of benzene rings is 2. The fourth-order valence-electron chi connectivity index (χ4n) is 4.98. The van der Waals surface area contributed by atoms with Crippen LogP contribution in [0.1, 0.15) is 37.2 Å². The van der Waals surface area contributed by atoms with Gasteiger partial charge in [-0.15, -0.1) is 10.2 Å². The average Bonchev–Trinajstić information content (AvgIpc) is 3.64. The van der Waals surface area contributed by atoms with E-state index in [0.29, 0.717) is 28.8 Å². The molecule has 3 aromatic rings. The van der Waals surface area contributed by atoms with Gasteiger partial charge in [-0.2, -0.15) is 5.21 Å². The number of carbonyl (C=O) groups is 4. The highest BCUT2D eigenvalue weighted by molar-refractivity contribution is 6.05. The minimum Gasteiger partial charge on any atom is -1.00 e. The summed E-state index contributed by atoms with van der Waals surface area (Å²) < 4.78 is 0.568. The minimum absolute atomic E-state index is 0. The number of amides is 4. The van der Waals surface area contributed by atoms with Crippen LogP contribution >= 0.6 is 0 Å². The van der Waals surface area contributed by atoms with Crippen molar-refractivity contribution >= 4 is 35.0 Å². The van der Waals surface area contributed by atoms with Gasteiger partial charge < -0.3 is 39.9 Å². The third-order valence-corrected chi connectivity index (χ3v) is 7.64. The molecule has 0 saturated carbocycles. The average molecular weight is 718 g/mol. The van der Waals surface area contributed by atoms with Gasteiger partial charge in [0.25, 0.3) is 0 Å². The number of hydrogen-bond donors (Lipinski definition) is 4. The summed E-state index contributed by atoms with van der Waals surface area (Å²) in [4.78, 5) is 54.5. The topological polar surface area (TPSA) is 162 Å². The highest BCUT2D eigenvalue weighted by Gasteiger charge is 2.39. The molecule has 4 rings (SSSR count). The first-order valence-corrected chi connectivity index (χ1v) is 14.4. The predicted molar refractivity (Wildman–Crippen MR) is 162 cm³/mol. The maximum absolute atomic E-state index is 13.7. The summed E-state index contributed by atoms with van der Waals surface area (Å²) >= 11 is 0. The Hall–Kier alpha value is -3.92. The van der Waals surface area contributed by atoms with Crippen molar-refractivity contribution in [2.45, 2.75) is 51.7 Å². The Morgan fingerprint density at radius 2 is 1.80 bits per heavy atom. The van der Waals surface area contributed by atoms with Crippen LogP contribution in [0.15, 0.2) is 48.5 Å². The van der Waals surface area contributed by atoms with E-state index in [4.69, 9.17) is 0 Å². The molecule has 0 saturated heterocycles. The number of halogens is 1. The van der Waals surface area contributed by atoms with Gasteiger partial charge in [0, 0.05) is 24.2 Å². The molecule has 1 aliphatic rings. The van der Waals surface area contributed by atoms with E-state index in [2.05, 4.69) is 36.6 Å². The first kappa shape index (κ1) is 34.6. The largest absolute Gasteiger partial charge is 1.00 e. The molecule has 14 heteroatoms. The predicted octanol–water partition coefficient (Wildman–Crippen LogP) is -2.14. The van der Waals surface area contributed by atoms with Crippen molar-refractivity contribution in [3.63, 3.8) is 0 Å². The Morgan fingerprint density at radius 1 is 1.07 bits per heavy atom. The first-order valence-electron chi connectivity index (χ1n) is 14.4. The van der Waals surface area contributed by atoms with Crippen LogP contribution in [-0.2, 0) is 38.6 Å². The molecule has 0 bridgehead atoms. The van der Waals surface area contributed by atoms with Crippen molar-refractivity contribution in [1.29, 1.82) is 0 Å². The Balaban J connectivity index is 0.00000529. The highest BCUT2D eigenvalue weighted by Crippen LogP contribution is 2.36. The molecule has 0 aliphatic carbocycles. The monoisotopic (exact) mass is 717 g/mol. The van der Waals surface area contributed by atoms with E-state index in [1.54, 1.807) is 0 Å². The first-order chi connectivity index (χ1) is 20.5. The van der Waals surface area contributed by atoms with E-state index >= 15 is 0 Å². The van der Waals surface area contributed by atoms with Crippen LogP contribution in [0, 0.1) is 5.92 Å². The zero-order chi connectivity index (χ0) is 31.1. The van der Waals surface area contributed by atoms with Gasteiger partial charge in [0.1, 0.15) is 17.8 Å². The second-order valence-electron chi connectivity index (χ2n) is 11.7. The molecule has 236 valence electrons. The molecule has 1 aromatic heterocycles. The van der Waals surface area contributed by atoms with Crippen LogP contribution < -0.4 is 49.3 Å². The molecule has 4 amide bonds. The number of fused-ring (bicyclic) bond motifs is 1. The number of hydrogen-bond acceptors (Lipinski definition) is 7. The lowest BCUT2D eigenvalue weighted by Gasteiger charge is -2.27. The Bertz CT molecular complexity index is 1440. The number of quaternary nitrogens is 1. The number of anilines is 1. The Labute approximate surface area is 274 Å². The lowest BCUT2D eigenvalue weighted by atomic mass is 9.98. The summed E-state index contributed by atoms with van der Waals surface area (Å²) in [6, 6.07) is 13.4. The SMILES string of the molecule is CC[C@H](C)[C@H](NC(=O)Cc1ccccc1)C(=O)NCC(=O)N1c2ccc([N+](C)(C)C)cc2C[C@H]1C(=O)NCc1nn[nH]n1.[I-]. The molecular weight excluding hydrogens is 677 g/mol. The van der Waals surface area contributed by atoms with Gasteiger partial charge >= 0.3 is 0 Å². The maximum Gasteiger partial charge on any atom is 0.247 e. The fraction of sp³-hybridized carbons (Fsp3) is 0.433. The van der Waals surface area contributed by atoms with Crippen molar-refractivity contribution in [2.75, 3.05) is 32.6 Å². The zero-order valence-corrected chi connectivity index (χ0v) is 27.8. The molecule has 13 nitrogen and oxygen atoms in total. The van der Waals surface area contributed by atoms with Crippen molar-refractivity contribution < 1.29 is 43.2 Å². The fourth-order valence-corrected chi connectivity index (χ4v) is 4.98. The highest BCUT2D eigenvalue weighted by atomic mass is 127. The standard InChI is InChI=1S/C30H39N9O4.HI/c1-6-19(2)28(33-26(40)14-20-10-8-7-9-11-20)30(43)32-18-27(41)38-23-13-12-22(39(3,4)5)15-21(23)16-24(38)29(42)31-17-25-34-36-37-35-25;/h7-13,15,19,24,28H,6,14,16-18H2,1-5H3,(H3-,31,32,33,34,35,36,37,40,42,43);1H/t19-,24-,28-;/m0./s1. The normalized spacial score (nSPS) is 15.4. The van der Waals surface area contributed by atoms with E-state index in [-0.39, 0.29) is 61.2 Å². The van der Waals surface area contributed by atoms with E-state index < -0.39 is 23.9 Å². The summed E-state index contributed by atoms with van der Waals surface area (Å²) in [5.74, 6) is -1.41. The number of carbonyl (C=O) groups excluding carboxylic acids is 4. The summed E-state index contributed by atoms with van der Waals surface area (Å²) in [5, 5.41) is 21.9. The van der Waals surface area contributed by atoms with Gasteiger partial charge in [0.15, 0.2) is 5.82 Å². The van der Waals surface area contributed by atoms with E-state index in [0.717, 1.165) is 16.8 Å². The van der Waals surface area contributed by atoms with Crippen LogP contribution in [0.3, 0.4) is 0 Å². The van der Waals surface area contributed by atoms with Crippen LogP contribution in [0.5, 0.6) is 0 Å². The molecule has 0 fully saturated rings. The molecule has 2 heterocycles. The number of nitrogens with one attached hydrogen (secondary N) is 4. The van der Waals surface area contributed by atoms with Crippen molar-refractivity contribution in [3.05, 3.63) is 65.5 Å². The summed E-state index contributed by atoms with van der Waals surface area (Å²) in [5.41, 5.74) is 3.33. The molecule has 2 aromatic carbocycles. The van der Waals surface area contributed by atoms with Gasteiger partial charge in [-0.3, -0.25) is 28.6 Å². The van der Waals surface area contributed by atoms with Crippen LogP contribution in [0.4, 0.5) is 11.4 Å². The van der Waals surface area contributed by atoms with Gasteiger partial charge in [0.05, 0.1) is 40.7 Å². The lowest BCUT2D eigenvalue weighted by molar-refractivity contribution is -0.131. The number of tetrazole rings is 1. The zero-order valence-electron chi connectivity index (χ0n) is 25.6. The second kappa shape index (κ2) is 15.2. The van der Waals surface area contributed by atoms with Crippen LogP contribution in [0.2, 0.25) is 0 Å². The smallest absolute Gasteiger partial charge is 0.247 e. The molecule has 0 radical (unpaired) electrons. The van der Waals surface area contributed by atoms with Gasteiger partial charge in [-0.05, 0) is 23.1 Å². The quantitative estimate of drug-likeness (QED) is 0.123. The van der Waals surface area contributed by atoms with Gasteiger partial charge in [0.2, 0.25) is 23.6 Å². The molecule has 0 spiro atoms.